The molecule has 0 radical (unpaired) electrons. The molecule has 0 saturated heterocycles. The van der Waals surface area contributed by atoms with E-state index in [0.29, 0.717) is 14.6 Å². The van der Waals surface area contributed by atoms with E-state index in [9.17, 15) is 19.5 Å². The van der Waals surface area contributed by atoms with E-state index in [0.717, 1.165) is 0 Å². The Kier molecular flexibility index (Phi) is 3.75. The fourth-order valence-corrected chi connectivity index (χ4v) is 2.25. The number of halogens is 1. The Morgan fingerprint density at radius 3 is 2.60 bits per heavy atom. The van der Waals surface area contributed by atoms with Crippen molar-refractivity contribution in [2.24, 2.45) is 5.73 Å². The van der Waals surface area contributed by atoms with Crippen LogP contribution in [0.15, 0.2) is 38.3 Å². The molecule has 2 aromatic rings. The zero-order valence-electron chi connectivity index (χ0n) is 10.1. The van der Waals surface area contributed by atoms with Gasteiger partial charge < -0.3 is 10.8 Å². The molecule has 0 aliphatic heterocycles. The van der Waals surface area contributed by atoms with Gasteiger partial charge in [-0.3, -0.25) is 19.1 Å². The summed E-state index contributed by atoms with van der Waals surface area (Å²) in [4.78, 5) is 36.4. The molecule has 0 aliphatic rings. The number of hydrogen-bond donors (Lipinski definition) is 3. The number of aromatic amines is 1. The fraction of sp³-hybridized carbons (Fsp3) is 0.0833. The van der Waals surface area contributed by atoms with E-state index >= 15 is 0 Å². The highest BCUT2D eigenvalue weighted by molar-refractivity contribution is 9.10. The molecule has 2 rings (SSSR count). The maximum Gasteiger partial charge on any atom is 0.331 e. The van der Waals surface area contributed by atoms with Gasteiger partial charge in [-0.1, -0.05) is 34.1 Å². The van der Waals surface area contributed by atoms with Gasteiger partial charge in [0.2, 0.25) is 11.8 Å². The molecule has 1 aromatic carbocycles. The van der Waals surface area contributed by atoms with Gasteiger partial charge in [-0.25, -0.2) is 4.79 Å². The summed E-state index contributed by atoms with van der Waals surface area (Å²) < 4.78 is 1.27. The third-order valence-electron chi connectivity index (χ3n) is 2.63. The van der Waals surface area contributed by atoms with Crippen LogP contribution in [0.4, 0.5) is 0 Å². The van der Waals surface area contributed by atoms with Gasteiger partial charge in [0.15, 0.2) is 0 Å². The number of primary amides is 1. The molecule has 1 aromatic heterocycles. The quantitative estimate of drug-likeness (QED) is 0.737. The minimum Gasteiger partial charge on any atom is -0.494 e. The predicted octanol–water partition coefficient (Wildman–Crippen LogP) is 0.157. The second-order valence-corrected chi connectivity index (χ2v) is 4.84. The van der Waals surface area contributed by atoms with Gasteiger partial charge in [-0.05, 0) is 6.07 Å². The van der Waals surface area contributed by atoms with Crippen LogP contribution in [0.2, 0.25) is 0 Å². The third-order valence-corrected chi connectivity index (χ3v) is 3.32. The highest BCUT2D eigenvalue weighted by atomic mass is 79.9. The molecule has 1 amide bonds. The minimum atomic E-state index is -0.901. The largest absolute Gasteiger partial charge is 0.494 e. The zero-order chi connectivity index (χ0) is 14.9. The second kappa shape index (κ2) is 5.33. The van der Waals surface area contributed by atoms with Crippen LogP contribution in [0, 0.1) is 0 Å². The Labute approximate surface area is 120 Å². The number of nitrogens with one attached hydrogen (secondary N) is 1. The molecule has 20 heavy (non-hydrogen) atoms. The third kappa shape index (κ3) is 2.50. The van der Waals surface area contributed by atoms with Gasteiger partial charge in [0, 0.05) is 10.0 Å². The highest BCUT2D eigenvalue weighted by Gasteiger charge is 2.18. The van der Waals surface area contributed by atoms with Crippen molar-refractivity contribution in [1.29, 1.82) is 0 Å². The Hall–Kier alpha value is -2.35. The number of amides is 1. The van der Waals surface area contributed by atoms with Crippen molar-refractivity contribution in [2.75, 3.05) is 0 Å². The van der Waals surface area contributed by atoms with E-state index in [1.807, 2.05) is 4.98 Å². The fourth-order valence-electron chi connectivity index (χ4n) is 1.77. The Morgan fingerprint density at radius 2 is 2.00 bits per heavy atom. The van der Waals surface area contributed by atoms with Crippen LogP contribution >= 0.6 is 15.9 Å². The first kappa shape index (κ1) is 14.1. The normalized spacial score (nSPS) is 10.4. The average molecular weight is 340 g/mol. The smallest absolute Gasteiger partial charge is 0.331 e. The molecular weight excluding hydrogens is 330 g/mol. The van der Waals surface area contributed by atoms with E-state index in [4.69, 9.17) is 5.73 Å². The molecular formula is C12H10BrN3O4. The number of hydrogen-bond acceptors (Lipinski definition) is 4. The van der Waals surface area contributed by atoms with Crippen molar-refractivity contribution in [2.45, 2.75) is 6.54 Å². The molecule has 104 valence electrons. The van der Waals surface area contributed by atoms with E-state index in [1.165, 1.54) is 0 Å². The summed E-state index contributed by atoms with van der Waals surface area (Å²) in [6.07, 6.45) is 0. The average Bonchev–Trinajstić information content (AvgIpc) is 2.36. The number of aromatic hydroxyl groups is 1. The Balaban J connectivity index is 2.78. The lowest BCUT2D eigenvalue weighted by atomic mass is 10.1. The van der Waals surface area contributed by atoms with Gasteiger partial charge in [0.25, 0.3) is 5.56 Å². The van der Waals surface area contributed by atoms with E-state index < -0.39 is 29.6 Å². The molecule has 0 fully saturated rings. The van der Waals surface area contributed by atoms with Gasteiger partial charge >= 0.3 is 5.69 Å². The SMILES string of the molecule is NC(=O)Cn1c(O)c(-c2ccccc2Br)c(=O)[nH]c1=O. The number of aromatic nitrogens is 2. The van der Waals surface area contributed by atoms with Crippen molar-refractivity contribution in [3.8, 4) is 17.0 Å². The summed E-state index contributed by atoms with van der Waals surface area (Å²) in [7, 11) is 0. The van der Waals surface area contributed by atoms with E-state index in [-0.39, 0.29) is 5.56 Å². The first-order valence-electron chi connectivity index (χ1n) is 5.51. The van der Waals surface area contributed by atoms with Crippen molar-refractivity contribution in [1.82, 2.24) is 9.55 Å². The molecule has 0 unspecified atom stereocenters. The van der Waals surface area contributed by atoms with E-state index in [2.05, 4.69) is 15.9 Å². The second-order valence-electron chi connectivity index (χ2n) is 3.99. The Morgan fingerprint density at radius 1 is 1.35 bits per heavy atom. The summed E-state index contributed by atoms with van der Waals surface area (Å²) in [6, 6.07) is 6.67. The summed E-state index contributed by atoms with van der Waals surface area (Å²) in [5, 5.41) is 10.1. The molecule has 1 heterocycles. The minimum absolute atomic E-state index is 0.113. The van der Waals surface area contributed by atoms with Crippen LogP contribution in [-0.4, -0.2) is 20.6 Å². The lowest BCUT2D eigenvalue weighted by Gasteiger charge is -2.10. The van der Waals surface area contributed by atoms with E-state index in [1.54, 1.807) is 24.3 Å². The van der Waals surface area contributed by atoms with Crippen LogP contribution in [0.5, 0.6) is 5.88 Å². The van der Waals surface area contributed by atoms with Crippen molar-refractivity contribution >= 4 is 21.8 Å². The summed E-state index contributed by atoms with van der Waals surface area (Å²) in [5.74, 6) is -1.42. The van der Waals surface area contributed by atoms with Gasteiger partial charge in [0.1, 0.15) is 12.1 Å². The van der Waals surface area contributed by atoms with Crippen LogP contribution in [0.1, 0.15) is 0 Å². The molecule has 7 nitrogen and oxygen atoms in total. The number of carbonyl (C=O) groups excluding carboxylic acids is 1. The van der Waals surface area contributed by atoms with Crippen LogP contribution < -0.4 is 17.0 Å². The predicted molar refractivity (Wildman–Crippen MR) is 75.3 cm³/mol. The maximum absolute atomic E-state index is 11.9. The lowest BCUT2D eigenvalue weighted by molar-refractivity contribution is -0.118. The van der Waals surface area contributed by atoms with Crippen molar-refractivity contribution in [3.63, 3.8) is 0 Å². The maximum atomic E-state index is 11.9. The number of benzene rings is 1. The Bertz CT molecular complexity index is 794. The molecule has 0 spiro atoms. The lowest BCUT2D eigenvalue weighted by Crippen LogP contribution is -2.34. The summed E-state index contributed by atoms with van der Waals surface area (Å²) >= 11 is 3.25. The zero-order valence-corrected chi connectivity index (χ0v) is 11.7. The summed E-state index contributed by atoms with van der Waals surface area (Å²) in [5.41, 5.74) is 3.64. The molecule has 0 saturated carbocycles. The highest BCUT2D eigenvalue weighted by Crippen LogP contribution is 2.30. The first-order valence-corrected chi connectivity index (χ1v) is 6.30. The molecule has 0 bridgehead atoms. The number of nitrogens with two attached hydrogens (primary N) is 1. The van der Waals surface area contributed by atoms with Crippen LogP contribution in [0.3, 0.4) is 0 Å². The first-order chi connectivity index (χ1) is 9.41. The number of carbonyl (C=O) groups is 1. The topological polar surface area (TPSA) is 118 Å². The standard InChI is InChI=1S/C12H10BrN3O4/c13-7-4-2-1-3-6(7)9-10(18)15-12(20)16(11(9)19)5-8(14)17/h1-4,19H,5H2,(H2,14,17)(H,15,18,20). The van der Waals surface area contributed by atoms with Crippen LogP contribution in [-0.2, 0) is 11.3 Å². The number of nitrogens with zero attached hydrogens (tertiary/aromatic N) is 1. The molecule has 0 atom stereocenters. The number of H-pyrrole nitrogens is 1. The molecule has 0 aliphatic carbocycles. The van der Waals surface area contributed by atoms with Crippen molar-refractivity contribution < 1.29 is 9.90 Å². The van der Waals surface area contributed by atoms with Gasteiger partial charge in [-0.2, -0.15) is 0 Å². The molecule has 4 N–H and O–H groups in total. The van der Waals surface area contributed by atoms with Crippen LogP contribution in [0.25, 0.3) is 11.1 Å². The monoisotopic (exact) mass is 339 g/mol. The molecule has 8 heteroatoms. The van der Waals surface area contributed by atoms with Crippen molar-refractivity contribution in [3.05, 3.63) is 49.6 Å². The summed E-state index contributed by atoms with van der Waals surface area (Å²) in [6.45, 7) is -0.529. The van der Waals surface area contributed by atoms with Gasteiger partial charge in [-0.15, -0.1) is 0 Å². The van der Waals surface area contributed by atoms with Gasteiger partial charge in [0.05, 0.1) is 0 Å². The number of rotatable bonds is 3.